The first kappa shape index (κ1) is 17.1. The Morgan fingerprint density at radius 3 is 2.96 bits per heavy atom. The van der Waals surface area contributed by atoms with Crippen LogP contribution in [-0.4, -0.2) is 35.2 Å². The summed E-state index contributed by atoms with van der Waals surface area (Å²) in [4.78, 5) is 15.7. The highest BCUT2D eigenvalue weighted by Crippen LogP contribution is 2.27. The molecule has 3 heterocycles. The standard InChI is InChI=1S/C19H19ClN4OS/c20-14-5-3-13(4-6-14)10-19(25)21-15-7-8-24(12-15)18-11-16(22-23-18)17-2-1-9-26-17/h1-6,9,11,15H,7-8,10,12H2,(H,21,25)(H,22,23)/t15-/m0/s1. The van der Waals surface area contributed by atoms with Gasteiger partial charge in [0.15, 0.2) is 5.82 Å². The van der Waals surface area contributed by atoms with Gasteiger partial charge in [-0.25, -0.2) is 0 Å². The number of hydrogen-bond donors (Lipinski definition) is 2. The number of halogens is 1. The van der Waals surface area contributed by atoms with Gasteiger partial charge in [-0.1, -0.05) is 29.8 Å². The summed E-state index contributed by atoms with van der Waals surface area (Å²) in [5.41, 5.74) is 2.00. The van der Waals surface area contributed by atoms with Crippen molar-refractivity contribution in [3.05, 3.63) is 58.4 Å². The average Bonchev–Trinajstić information content (AvgIpc) is 3.37. The Labute approximate surface area is 161 Å². The molecule has 0 bridgehead atoms. The molecule has 2 aromatic heterocycles. The summed E-state index contributed by atoms with van der Waals surface area (Å²) in [6.07, 6.45) is 1.30. The fraction of sp³-hybridized carbons (Fsp3) is 0.263. The first-order chi connectivity index (χ1) is 12.7. The number of carbonyl (C=O) groups excluding carboxylic acids is 1. The maximum Gasteiger partial charge on any atom is 0.224 e. The molecule has 1 aliphatic rings. The molecule has 1 aromatic carbocycles. The van der Waals surface area contributed by atoms with Crippen molar-refractivity contribution in [2.75, 3.05) is 18.0 Å². The summed E-state index contributed by atoms with van der Waals surface area (Å²) in [7, 11) is 0. The number of anilines is 1. The van der Waals surface area contributed by atoms with Gasteiger partial charge in [0.25, 0.3) is 0 Å². The highest BCUT2D eigenvalue weighted by molar-refractivity contribution is 7.13. The second-order valence-electron chi connectivity index (χ2n) is 6.42. The van der Waals surface area contributed by atoms with Crippen molar-refractivity contribution >= 4 is 34.7 Å². The van der Waals surface area contributed by atoms with E-state index in [1.165, 1.54) is 4.88 Å². The smallest absolute Gasteiger partial charge is 0.224 e. The molecule has 1 amide bonds. The van der Waals surface area contributed by atoms with Crippen molar-refractivity contribution in [3.63, 3.8) is 0 Å². The SMILES string of the molecule is O=C(Cc1ccc(Cl)cc1)N[C@H]1CCN(c2cc(-c3cccs3)[nH]n2)C1. The minimum absolute atomic E-state index is 0.0421. The first-order valence-corrected chi connectivity index (χ1v) is 9.81. The molecule has 0 saturated carbocycles. The van der Waals surface area contributed by atoms with Crippen LogP contribution < -0.4 is 10.2 Å². The number of H-pyrrole nitrogens is 1. The lowest BCUT2D eigenvalue weighted by molar-refractivity contribution is -0.121. The lowest BCUT2D eigenvalue weighted by Gasteiger charge is -2.16. The summed E-state index contributed by atoms with van der Waals surface area (Å²) in [6, 6.07) is 13.7. The van der Waals surface area contributed by atoms with Crippen LogP contribution in [0.25, 0.3) is 10.6 Å². The Morgan fingerprint density at radius 2 is 2.19 bits per heavy atom. The molecule has 1 saturated heterocycles. The van der Waals surface area contributed by atoms with E-state index in [0.717, 1.165) is 36.6 Å². The molecular formula is C19H19ClN4OS. The van der Waals surface area contributed by atoms with Crippen molar-refractivity contribution in [3.8, 4) is 10.6 Å². The number of nitrogens with one attached hydrogen (secondary N) is 2. The molecule has 3 aromatic rings. The van der Waals surface area contributed by atoms with Gasteiger partial charge >= 0.3 is 0 Å². The molecule has 4 rings (SSSR count). The van der Waals surface area contributed by atoms with E-state index in [4.69, 9.17) is 11.6 Å². The predicted octanol–water partition coefficient (Wildman–Crippen LogP) is 3.73. The normalized spacial score (nSPS) is 16.8. The van der Waals surface area contributed by atoms with E-state index in [1.54, 1.807) is 11.3 Å². The van der Waals surface area contributed by atoms with Crippen molar-refractivity contribution < 1.29 is 4.79 Å². The van der Waals surface area contributed by atoms with Crippen LogP contribution in [0.5, 0.6) is 0 Å². The quantitative estimate of drug-likeness (QED) is 0.702. The molecule has 5 nitrogen and oxygen atoms in total. The maximum atomic E-state index is 12.3. The Bertz CT molecular complexity index is 875. The highest BCUT2D eigenvalue weighted by atomic mass is 35.5. The molecule has 1 atom stereocenters. The molecule has 26 heavy (non-hydrogen) atoms. The third kappa shape index (κ3) is 3.92. The van der Waals surface area contributed by atoms with Gasteiger partial charge in [0.1, 0.15) is 0 Å². The number of aromatic nitrogens is 2. The molecule has 1 fully saturated rings. The van der Waals surface area contributed by atoms with Crippen molar-refractivity contribution in [2.24, 2.45) is 0 Å². The van der Waals surface area contributed by atoms with Crippen LogP contribution in [-0.2, 0) is 11.2 Å². The number of carbonyl (C=O) groups is 1. The summed E-state index contributed by atoms with van der Waals surface area (Å²) >= 11 is 7.57. The maximum absolute atomic E-state index is 12.3. The number of nitrogens with zero attached hydrogens (tertiary/aromatic N) is 2. The molecule has 1 aliphatic heterocycles. The van der Waals surface area contributed by atoms with Crippen LogP contribution in [0.1, 0.15) is 12.0 Å². The van der Waals surface area contributed by atoms with Gasteiger partial charge in [0.2, 0.25) is 5.91 Å². The number of thiophene rings is 1. The Balaban J connectivity index is 1.32. The van der Waals surface area contributed by atoms with E-state index in [2.05, 4.69) is 37.9 Å². The van der Waals surface area contributed by atoms with Gasteiger partial charge in [0.05, 0.1) is 17.0 Å². The van der Waals surface area contributed by atoms with E-state index in [0.29, 0.717) is 11.4 Å². The van der Waals surface area contributed by atoms with Crippen molar-refractivity contribution in [1.29, 1.82) is 0 Å². The van der Waals surface area contributed by atoms with Gasteiger partial charge in [-0.3, -0.25) is 9.89 Å². The third-order valence-corrected chi connectivity index (χ3v) is 5.66. The van der Waals surface area contributed by atoms with Gasteiger partial charge < -0.3 is 10.2 Å². The summed E-state index contributed by atoms with van der Waals surface area (Å²) in [5, 5.41) is 13.4. The molecule has 134 valence electrons. The first-order valence-electron chi connectivity index (χ1n) is 8.55. The lowest BCUT2D eigenvalue weighted by atomic mass is 10.1. The van der Waals surface area contributed by atoms with Crippen LogP contribution in [0, 0.1) is 0 Å². The van der Waals surface area contributed by atoms with E-state index >= 15 is 0 Å². The van der Waals surface area contributed by atoms with Gasteiger partial charge in [-0.2, -0.15) is 5.10 Å². The van der Waals surface area contributed by atoms with E-state index in [9.17, 15) is 4.79 Å². The molecule has 2 N–H and O–H groups in total. The molecular weight excluding hydrogens is 368 g/mol. The molecule has 7 heteroatoms. The van der Waals surface area contributed by atoms with E-state index in [-0.39, 0.29) is 11.9 Å². The second kappa shape index (κ2) is 7.51. The number of rotatable bonds is 5. The van der Waals surface area contributed by atoms with Crippen LogP contribution in [0.15, 0.2) is 47.8 Å². The van der Waals surface area contributed by atoms with Crippen molar-refractivity contribution in [1.82, 2.24) is 15.5 Å². The summed E-state index contributed by atoms with van der Waals surface area (Å²) in [6.45, 7) is 1.67. The number of benzene rings is 1. The summed E-state index contributed by atoms with van der Waals surface area (Å²) in [5.74, 6) is 0.975. The largest absolute Gasteiger partial charge is 0.353 e. The number of aromatic amines is 1. The lowest BCUT2D eigenvalue weighted by Crippen LogP contribution is -2.38. The molecule has 0 radical (unpaired) electrons. The van der Waals surface area contributed by atoms with Gasteiger partial charge in [-0.05, 0) is 35.6 Å². The molecule has 0 aliphatic carbocycles. The zero-order chi connectivity index (χ0) is 17.9. The van der Waals surface area contributed by atoms with Crippen molar-refractivity contribution in [2.45, 2.75) is 18.9 Å². The van der Waals surface area contributed by atoms with Crippen LogP contribution in [0.4, 0.5) is 5.82 Å². The van der Waals surface area contributed by atoms with Gasteiger partial charge in [-0.15, -0.1) is 11.3 Å². The predicted molar refractivity (Wildman–Crippen MR) is 106 cm³/mol. The topological polar surface area (TPSA) is 61.0 Å². The van der Waals surface area contributed by atoms with E-state index in [1.807, 2.05) is 30.3 Å². The number of amides is 1. The van der Waals surface area contributed by atoms with Crippen LogP contribution in [0.3, 0.4) is 0 Å². The molecule has 0 unspecified atom stereocenters. The minimum Gasteiger partial charge on any atom is -0.353 e. The fourth-order valence-corrected chi connectivity index (χ4v) is 4.00. The zero-order valence-electron chi connectivity index (χ0n) is 14.1. The molecule has 0 spiro atoms. The van der Waals surface area contributed by atoms with Gasteiger partial charge in [0, 0.05) is 30.2 Å². The average molecular weight is 387 g/mol. The number of hydrogen-bond acceptors (Lipinski definition) is 4. The Morgan fingerprint density at radius 1 is 1.35 bits per heavy atom. The zero-order valence-corrected chi connectivity index (χ0v) is 15.7. The second-order valence-corrected chi connectivity index (χ2v) is 7.80. The highest BCUT2D eigenvalue weighted by Gasteiger charge is 2.25. The fourth-order valence-electron chi connectivity index (χ4n) is 3.18. The minimum atomic E-state index is 0.0421. The Hall–Kier alpha value is -2.31. The van der Waals surface area contributed by atoms with E-state index < -0.39 is 0 Å². The monoisotopic (exact) mass is 386 g/mol. The third-order valence-electron chi connectivity index (χ3n) is 4.51. The summed E-state index contributed by atoms with van der Waals surface area (Å²) < 4.78 is 0. The Kier molecular flexibility index (Phi) is 4.95. The van der Waals surface area contributed by atoms with Crippen LogP contribution >= 0.6 is 22.9 Å². The van der Waals surface area contributed by atoms with Crippen LogP contribution in [0.2, 0.25) is 5.02 Å².